The van der Waals surface area contributed by atoms with Gasteiger partial charge in [0.1, 0.15) is 17.3 Å². The molecule has 4 rings (SSSR count). The Morgan fingerprint density at radius 3 is 2.37 bits per heavy atom. The topological polar surface area (TPSA) is 113 Å². The Morgan fingerprint density at radius 2 is 1.66 bits per heavy atom. The molecule has 3 aromatic carbocycles. The maximum absolute atomic E-state index is 13.2. The van der Waals surface area contributed by atoms with Crippen LogP contribution in [0.15, 0.2) is 72.9 Å². The van der Waals surface area contributed by atoms with E-state index in [9.17, 15) is 22.8 Å². The van der Waals surface area contributed by atoms with Crippen LogP contribution in [0.1, 0.15) is 28.9 Å². The normalized spacial score (nSPS) is 10.6. The van der Waals surface area contributed by atoms with Gasteiger partial charge in [-0.2, -0.15) is 18.4 Å². The van der Waals surface area contributed by atoms with Crippen LogP contribution in [0.2, 0.25) is 0 Å². The molecule has 1 aromatic heterocycles. The average Bonchev–Trinajstić information content (AvgIpc) is 2.87. The van der Waals surface area contributed by atoms with Crippen molar-refractivity contribution in [1.82, 2.24) is 4.98 Å². The summed E-state index contributed by atoms with van der Waals surface area (Å²) in [7, 11) is 1.23. The summed E-state index contributed by atoms with van der Waals surface area (Å²) in [5.41, 5.74) is -1.56. The quantitative estimate of drug-likeness (QED) is 0.292. The average molecular weight is 522 g/mol. The summed E-state index contributed by atoms with van der Waals surface area (Å²) in [6.07, 6.45) is -3.98. The van der Waals surface area contributed by atoms with E-state index in [1.54, 1.807) is 42.5 Å². The second-order valence-corrected chi connectivity index (χ2v) is 7.64. The number of nitrogens with zero attached hydrogens (tertiary/aromatic N) is 2. The van der Waals surface area contributed by atoms with E-state index < -0.39 is 29.3 Å². The first kappa shape index (κ1) is 27.5. The predicted molar refractivity (Wildman–Crippen MR) is 135 cm³/mol. The maximum Gasteiger partial charge on any atom is 0.417 e. The van der Waals surface area contributed by atoms with E-state index in [1.165, 1.54) is 31.5 Å². The summed E-state index contributed by atoms with van der Waals surface area (Å²) >= 11 is 0. The highest BCUT2D eigenvalue weighted by Gasteiger charge is 2.34. The molecule has 0 fully saturated rings. The number of carbonyl (C=O) groups excluding carboxylic acids is 2. The molecule has 0 saturated carbocycles. The molecule has 0 aliphatic rings. The third kappa shape index (κ3) is 6.36. The van der Waals surface area contributed by atoms with Gasteiger partial charge in [-0.3, -0.25) is 10.1 Å². The number of nitriles is 1. The van der Waals surface area contributed by atoms with Gasteiger partial charge in [-0.15, -0.1) is 0 Å². The zero-order chi connectivity index (χ0) is 26.6. The van der Waals surface area contributed by atoms with E-state index in [1.807, 2.05) is 0 Å². The SMILES string of the molecule is C.COC(=O)Nc1cc(Oc2ccc3ccc(C(=O)Nc4ccc(C#N)c(C(F)(F)F)c4)cc3c2)ccn1. The molecule has 0 radical (unpaired) electrons. The second-order valence-electron chi connectivity index (χ2n) is 7.64. The number of amides is 2. The number of hydrogen-bond acceptors (Lipinski definition) is 6. The third-order valence-electron chi connectivity index (χ3n) is 5.16. The van der Waals surface area contributed by atoms with Gasteiger partial charge in [0.05, 0.1) is 24.3 Å². The number of carbonyl (C=O) groups is 2. The van der Waals surface area contributed by atoms with Crippen LogP contribution in [0.4, 0.5) is 29.5 Å². The van der Waals surface area contributed by atoms with E-state index in [2.05, 4.69) is 20.4 Å². The molecule has 38 heavy (non-hydrogen) atoms. The third-order valence-corrected chi connectivity index (χ3v) is 5.16. The zero-order valence-electron chi connectivity index (χ0n) is 19.1. The van der Waals surface area contributed by atoms with Crippen LogP contribution in [0.25, 0.3) is 10.8 Å². The largest absolute Gasteiger partial charge is 0.457 e. The molecule has 0 bridgehead atoms. The van der Waals surface area contributed by atoms with Gasteiger partial charge in [-0.05, 0) is 59.3 Å². The first-order chi connectivity index (χ1) is 17.7. The lowest BCUT2D eigenvalue weighted by Gasteiger charge is -2.12. The first-order valence-electron chi connectivity index (χ1n) is 10.6. The number of fused-ring (bicyclic) bond motifs is 1. The van der Waals surface area contributed by atoms with Gasteiger partial charge in [-0.1, -0.05) is 19.6 Å². The number of halogens is 3. The number of methoxy groups -OCH3 is 1. The van der Waals surface area contributed by atoms with Crippen molar-refractivity contribution < 1.29 is 32.2 Å². The summed E-state index contributed by atoms with van der Waals surface area (Å²) in [6.45, 7) is 0. The Hall–Kier alpha value is -5.11. The number of ether oxygens (including phenoxy) is 2. The highest BCUT2D eigenvalue weighted by Crippen LogP contribution is 2.34. The van der Waals surface area contributed by atoms with E-state index in [-0.39, 0.29) is 24.5 Å². The smallest absolute Gasteiger partial charge is 0.417 e. The number of nitrogens with one attached hydrogen (secondary N) is 2. The maximum atomic E-state index is 13.2. The standard InChI is InChI=1S/C26H17F3N4O4.CH4/c1-36-25(35)33-23-13-21(8-9-31-23)37-20-7-5-15-2-3-16(10-18(15)11-20)24(34)32-19-6-4-17(14-30)22(12-19)26(27,28)29;/h2-13H,1H3,(H,32,34)(H,31,33,35);1H4. The number of alkyl halides is 3. The van der Waals surface area contributed by atoms with Crippen molar-refractivity contribution in [2.75, 3.05) is 17.7 Å². The lowest BCUT2D eigenvalue weighted by Crippen LogP contribution is -2.14. The predicted octanol–water partition coefficient (Wildman–Crippen LogP) is 6.98. The van der Waals surface area contributed by atoms with Gasteiger partial charge in [0.25, 0.3) is 5.91 Å². The zero-order valence-corrected chi connectivity index (χ0v) is 19.1. The molecule has 0 unspecified atom stereocenters. The number of hydrogen-bond donors (Lipinski definition) is 2. The molecule has 2 amide bonds. The molecule has 194 valence electrons. The number of pyridine rings is 1. The summed E-state index contributed by atoms with van der Waals surface area (Å²) in [5.74, 6) is 0.414. The van der Waals surface area contributed by atoms with Crippen LogP contribution in [-0.4, -0.2) is 24.1 Å². The number of aromatic nitrogens is 1. The van der Waals surface area contributed by atoms with Crippen LogP contribution in [-0.2, 0) is 10.9 Å². The van der Waals surface area contributed by atoms with Gasteiger partial charge in [-0.25, -0.2) is 9.78 Å². The van der Waals surface area contributed by atoms with Gasteiger partial charge in [0.15, 0.2) is 0 Å². The molecule has 0 aliphatic carbocycles. The van der Waals surface area contributed by atoms with Crippen LogP contribution < -0.4 is 15.4 Å². The van der Waals surface area contributed by atoms with E-state index in [0.717, 1.165) is 17.5 Å². The molecule has 11 heteroatoms. The molecule has 0 saturated heterocycles. The van der Waals surface area contributed by atoms with Gasteiger partial charge in [0.2, 0.25) is 0 Å². The number of rotatable bonds is 5. The Kier molecular flexibility index (Phi) is 8.17. The fourth-order valence-corrected chi connectivity index (χ4v) is 3.42. The molecule has 1 heterocycles. The Balaban J connectivity index is 0.00000400. The van der Waals surface area contributed by atoms with Crippen molar-refractivity contribution in [2.24, 2.45) is 0 Å². The fraction of sp³-hybridized carbons (Fsp3) is 0.111. The minimum atomic E-state index is -4.74. The molecule has 0 atom stereocenters. The van der Waals surface area contributed by atoms with Gasteiger partial charge >= 0.3 is 12.3 Å². The van der Waals surface area contributed by atoms with Crippen molar-refractivity contribution in [3.05, 3.63) is 89.6 Å². The van der Waals surface area contributed by atoms with Crippen molar-refractivity contribution in [1.29, 1.82) is 5.26 Å². The highest BCUT2D eigenvalue weighted by atomic mass is 19.4. The molecular formula is C27H21F3N4O4. The lowest BCUT2D eigenvalue weighted by molar-refractivity contribution is -0.137. The minimum absolute atomic E-state index is 0. The summed E-state index contributed by atoms with van der Waals surface area (Å²) in [5, 5.41) is 15.2. The summed E-state index contributed by atoms with van der Waals surface area (Å²) in [6, 6.07) is 17.5. The number of anilines is 2. The molecule has 0 aliphatic heterocycles. The van der Waals surface area contributed by atoms with Gasteiger partial charge < -0.3 is 14.8 Å². The van der Waals surface area contributed by atoms with Crippen molar-refractivity contribution in [3.63, 3.8) is 0 Å². The highest BCUT2D eigenvalue weighted by molar-refractivity contribution is 6.06. The minimum Gasteiger partial charge on any atom is -0.457 e. The fourth-order valence-electron chi connectivity index (χ4n) is 3.42. The van der Waals surface area contributed by atoms with Crippen molar-refractivity contribution >= 4 is 34.3 Å². The van der Waals surface area contributed by atoms with E-state index in [4.69, 9.17) is 10.00 Å². The van der Waals surface area contributed by atoms with Gasteiger partial charge in [0, 0.05) is 23.5 Å². The second kappa shape index (κ2) is 11.3. The van der Waals surface area contributed by atoms with Crippen LogP contribution in [0.5, 0.6) is 11.5 Å². The summed E-state index contributed by atoms with van der Waals surface area (Å²) in [4.78, 5) is 28.1. The molecule has 4 aromatic rings. The molecule has 0 spiro atoms. The van der Waals surface area contributed by atoms with E-state index >= 15 is 0 Å². The van der Waals surface area contributed by atoms with Crippen molar-refractivity contribution in [2.45, 2.75) is 13.6 Å². The van der Waals surface area contributed by atoms with E-state index in [0.29, 0.717) is 16.9 Å². The van der Waals surface area contributed by atoms with Crippen molar-refractivity contribution in [3.8, 4) is 17.6 Å². The first-order valence-corrected chi connectivity index (χ1v) is 10.6. The Labute approximate surface area is 215 Å². The Morgan fingerprint density at radius 1 is 0.921 bits per heavy atom. The number of benzene rings is 3. The molecular weight excluding hydrogens is 501 g/mol. The Bertz CT molecular complexity index is 1550. The van der Waals surface area contributed by atoms with Crippen LogP contribution >= 0.6 is 0 Å². The monoisotopic (exact) mass is 522 g/mol. The van der Waals surface area contributed by atoms with Crippen LogP contribution in [0, 0.1) is 11.3 Å². The molecule has 8 nitrogen and oxygen atoms in total. The molecule has 2 N–H and O–H groups in total. The van der Waals surface area contributed by atoms with Crippen LogP contribution in [0.3, 0.4) is 0 Å². The summed E-state index contributed by atoms with van der Waals surface area (Å²) < 4.78 is 50.1. The lowest BCUT2D eigenvalue weighted by atomic mass is 10.1.